The maximum Gasteiger partial charge on any atom is 0.229 e. The maximum absolute atomic E-state index is 12.7. The lowest BCUT2D eigenvalue weighted by Gasteiger charge is -2.09. The summed E-state index contributed by atoms with van der Waals surface area (Å²) in [6.07, 6.45) is 1.68. The van der Waals surface area contributed by atoms with E-state index in [0.717, 1.165) is 0 Å². The first-order chi connectivity index (χ1) is 12.8. The number of carbonyl (C=O) groups is 1. The minimum absolute atomic E-state index is 0.0492. The third kappa shape index (κ3) is 3.75. The molecule has 0 saturated heterocycles. The van der Waals surface area contributed by atoms with Crippen LogP contribution in [0.4, 0.5) is 5.82 Å². The molecule has 3 rings (SSSR count). The number of aromatic nitrogens is 2. The summed E-state index contributed by atoms with van der Waals surface area (Å²) in [6.45, 7) is 3.96. The van der Waals surface area contributed by atoms with E-state index in [-0.39, 0.29) is 33.5 Å². The molecule has 2 atom stereocenters. The molecule has 1 fully saturated rings. The zero-order chi connectivity index (χ0) is 19.8. The Balaban J connectivity index is 1.82. The van der Waals surface area contributed by atoms with Gasteiger partial charge in [0.2, 0.25) is 11.7 Å². The number of amides is 1. The molecule has 1 aromatic heterocycles. The second-order valence-corrected chi connectivity index (χ2v) is 7.81. The number of methoxy groups -OCH3 is 2. The van der Waals surface area contributed by atoms with Crippen LogP contribution in [0.1, 0.15) is 13.8 Å². The van der Waals surface area contributed by atoms with Gasteiger partial charge < -0.3 is 14.8 Å². The van der Waals surface area contributed by atoms with Crippen molar-refractivity contribution in [3.05, 3.63) is 28.8 Å². The van der Waals surface area contributed by atoms with Crippen LogP contribution < -0.4 is 14.8 Å². The summed E-state index contributed by atoms with van der Waals surface area (Å²) >= 11 is 11.5. The molecule has 0 radical (unpaired) electrons. The average molecular weight is 412 g/mol. The van der Waals surface area contributed by atoms with Crippen LogP contribution in [0.3, 0.4) is 0 Å². The molecule has 1 aliphatic rings. The Labute approximate surface area is 166 Å². The molecule has 144 valence electrons. The minimum Gasteiger partial charge on any atom is -0.493 e. The number of nitrogens with one attached hydrogen (secondary N) is 1. The van der Waals surface area contributed by atoms with E-state index in [1.807, 2.05) is 13.8 Å². The van der Waals surface area contributed by atoms with Gasteiger partial charge in [0, 0.05) is 5.56 Å². The van der Waals surface area contributed by atoms with Crippen molar-refractivity contribution in [3.8, 4) is 22.8 Å². The van der Waals surface area contributed by atoms with Crippen LogP contribution in [0.25, 0.3) is 11.3 Å². The molecule has 0 bridgehead atoms. The van der Waals surface area contributed by atoms with Gasteiger partial charge in [-0.1, -0.05) is 37.0 Å². The van der Waals surface area contributed by atoms with Gasteiger partial charge >= 0.3 is 0 Å². The van der Waals surface area contributed by atoms with E-state index in [9.17, 15) is 4.79 Å². The Kier molecular flexibility index (Phi) is 5.35. The maximum atomic E-state index is 12.7. The first-order valence-corrected chi connectivity index (χ1v) is 8.93. The number of halogens is 2. The smallest absolute Gasteiger partial charge is 0.229 e. The van der Waals surface area contributed by atoms with Crippen molar-refractivity contribution < 1.29 is 18.9 Å². The lowest BCUT2D eigenvalue weighted by atomic mass is 10.1. The number of rotatable bonds is 6. The molecule has 2 aromatic rings. The second kappa shape index (κ2) is 7.40. The normalized spacial score (nSPS) is 19.9. The van der Waals surface area contributed by atoms with Crippen LogP contribution in [-0.4, -0.2) is 30.4 Å². The van der Waals surface area contributed by atoms with Crippen LogP contribution in [0.5, 0.6) is 11.5 Å². The number of anilines is 1. The van der Waals surface area contributed by atoms with Crippen molar-refractivity contribution in [1.29, 1.82) is 0 Å². The standard InChI is InChI=1S/C18H19Cl2N3O4/c1-18(2)10(8-13(19)20)14(18)17(24)21-16-15(22-27-23-16)9-5-6-11(25-3)12(7-9)26-4/h5-8,10,14H,1-4H3,(H,21,23,24)/t10-,14+/m1/s1. The monoisotopic (exact) mass is 411 g/mol. The van der Waals surface area contributed by atoms with E-state index in [1.165, 1.54) is 7.11 Å². The van der Waals surface area contributed by atoms with E-state index in [0.29, 0.717) is 22.8 Å². The summed E-state index contributed by atoms with van der Waals surface area (Å²) in [5.41, 5.74) is 0.810. The van der Waals surface area contributed by atoms with Gasteiger partial charge in [-0.2, -0.15) is 0 Å². The number of hydrogen-bond acceptors (Lipinski definition) is 6. The van der Waals surface area contributed by atoms with Crippen LogP contribution >= 0.6 is 23.2 Å². The Morgan fingerprint density at radius 1 is 1.22 bits per heavy atom. The Morgan fingerprint density at radius 3 is 2.56 bits per heavy atom. The van der Waals surface area contributed by atoms with Crippen molar-refractivity contribution in [2.24, 2.45) is 17.3 Å². The van der Waals surface area contributed by atoms with Crippen molar-refractivity contribution in [2.45, 2.75) is 13.8 Å². The highest BCUT2D eigenvalue weighted by molar-refractivity contribution is 6.55. The highest BCUT2D eigenvalue weighted by atomic mass is 35.5. The van der Waals surface area contributed by atoms with Crippen molar-refractivity contribution in [3.63, 3.8) is 0 Å². The van der Waals surface area contributed by atoms with Gasteiger partial charge in [0.15, 0.2) is 17.2 Å². The zero-order valence-corrected chi connectivity index (χ0v) is 16.8. The molecule has 1 amide bonds. The van der Waals surface area contributed by atoms with Crippen LogP contribution in [0, 0.1) is 17.3 Å². The van der Waals surface area contributed by atoms with Gasteiger partial charge in [-0.05, 0) is 45.9 Å². The van der Waals surface area contributed by atoms with E-state index in [2.05, 4.69) is 15.6 Å². The van der Waals surface area contributed by atoms with E-state index < -0.39 is 0 Å². The first kappa shape index (κ1) is 19.5. The fourth-order valence-electron chi connectivity index (χ4n) is 3.26. The summed E-state index contributed by atoms with van der Waals surface area (Å²) in [6, 6.07) is 5.24. The predicted octanol–water partition coefficient (Wildman–Crippen LogP) is 4.28. The Hall–Kier alpha value is -2.25. The molecule has 9 heteroatoms. The second-order valence-electron chi connectivity index (χ2n) is 6.80. The fraction of sp³-hybridized carbons (Fsp3) is 0.389. The molecule has 0 aliphatic heterocycles. The number of allylic oxidation sites excluding steroid dienone is 1. The van der Waals surface area contributed by atoms with Crippen molar-refractivity contribution >= 4 is 34.9 Å². The fourth-order valence-corrected chi connectivity index (χ4v) is 3.53. The Morgan fingerprint density at radius 2 is 1.93 bits per heavy atom. The summed E-state index contributed by atoms with van der Waals surface area (Å²) < 4.78 is 15.5. The van der Waals surface area contributed by atoms with Crippen LogP contribution in [-0.2, 0) is 4.79 Å². The molecule has 1 saturated carbocycles. The van der Waals surface area contributed by atoms with Crippen molar-refractivity contribution in [2.75, 3.05) is 19.5 Å². The SMILES string of the molecule is COc1ccc(-c2nonc2NC(=O)[C@@H]2[C@@H](C=C(Cl)Cl)C2(C)C)cc1OC. The molecule has 27 heavy (non-hydrogen) atoms. The van der Waals surface area contributed by atoms with Gasteiger partial charge in [0.1, 0.15) is 4.49 Å². The summed E-state index contributed by atoms with van der Waals surface area (Å²) in [4.78, 5) is 12.7. The summed E-state index contributed by atoms with van der Waals surface area (Å²) in [7, 11) is 3.09. The number of nitrogens with zero attached hydrogens (tertiary/aromatic N) is 2. The lowest BCUT2D eigenvalue weighted by molar-refractivity contribution is -0.118. The molecular weight excluding hydrogens is 393 g/mol. The third-order valence-corrected chi connectivity index (χ3v) is 5.14. The van der Waals surface area contributed by atoms with Gasteiger partial charge in [0.25, 0.3) is 0 Å². The van der Waals surface area contributed by atoms with E-state index in [1.54, 1.807) is 31.4 Å². The quantitative estimate of drug-likeness (QED) is 0.762. The molecule has 1 heterocycles. The molecule has 1 aromatic carbocycles. The first-order valence-electron chi connectivity index (χ1n) is 8.18. The molecule has 0 spiro atoms. The number of hydrogen-bond donors (Lipinski definition) is 1. The third-order valence-electron chi connectivity index (χ3n) is 4.89. The summed E-state index contributed by atoms with van der Waals surface area (Å²) in [5, 5.41) is 10.5. The van der Waals surface area contributed by atoms with E-state index >= 15 is 0 Å². The number of ether oxygens (including phenoxy) is 2. The largest absolute Gasteiger partial charge is 0.493 e. The van der Waals surface area contributed by atoms with E-state index in [4.69, 9.17) is 37.3 Å². The molecular formula is C18H19Cl2N3O4. The number of carbonyl (C=O) groups excluding carboxylic acids is 1. The molecule has 1 aliphatic carbocycles. The van der Waals surface area contributed by atoms with Crippen molar-refractivity contribution in [1.82, 2.24) is 10.3 Å². The zero-order valence-electron chi connectivity index (χ0n) is 15.2. The predicted molar refractivity (Wildman–Crippen MR) is 102 cm³/mol. The molecule has 7 nitrogen and oxygen atoms in total. The Bertz CT molecular complexity index is 890. The topological polar surface area (TPSA) is 86.5 Å². The van der Waals surface area contributed by atoms with Gasteiger partial charge in [0.05, 0.1) is 20.1 Å². The highest BCUT2D eigenvalue weighted by Crippen LogP contribution is 2.60. The molecule has 1 N–H and O–H groups in total. The summed E-state index contributed by atoms with van der Waals surface area (Å²) in [5.74, 6) is 0.811. The highest BCUT2D eigenvalue weighted by Gasteiger charge is 2.60. The van der Waals surface area contributed by atoms with Crippen LogP contribution in [0.15, 0.2) is 33.4 Å². The van der Waals surface area contributed by atoms with Gasteiger partial charge in [-0.15, -0.1) is 0 Å². The minimum atomic E-state index is -0.278. The van der Waals surface area contributed by atoms with Gasteiger partial charge in [-0.3, -0.25) is 4.79 Å². The molecule has 0 unspecified atom stereocenters. The van der Waals surface area contributed by atoms with Gasteiger partial charge in [-0.25, -0.2) is 4.63 Å². The van der Waals surface area contributed by atoms with Crippen LogP contribution in [0.2, 0.25) is 0 Å². The average Bonchev–Trinajstić information content (AvgIpc) is 2.95. The number of benzene rings is 1. The lowest BCUT2D eigenvalue weighted by Crippen LogP contribution is -2.17.